The number of thioether (sulfide) groups is 1. The molecule has 0 bridgehead atoms. The fourth-order valence-electron chi connectivity index (χ4n) is 1.88. The first-order valence-electron chi connectivity index (χ1n) is 5.96. The highest BCUT2D eigenvalue weighted by Crippen LogP contribution is 2.25. The molecule has 96 valence electrons. The largest absolute Gasteiger partial charge is 0.397 e. The van der Waals surface area contributed by atoms with E-state index in [1.54, 1.807) is 17.3 Å². The van der Waals surface area contributed by atoms with Gasteiger partial charge in [0.15, 0.2) is 0 Å². The van der Waals surface area contributed by atoms with E-state index in [1.807, 2.05) is 13.1 Å². The van der Waals surface area contributed by atoms with E-state index in [4.69, 9.17) is 5.73 Å². The molecule has 18 heavy (non-hydrogen) atoms. The molecule has 2 N–H and O–H groups in total. The summed E-state index contributed by atoms with van der Waals surface area (Å²) in [6, 6.07) is 1.84. The minimum Gasteiger partial charge on any atom is -0.397 e. The normalized spacial score (nSPS) is 14.4. The zero-order valence-corrected chi connectivity index (χ0v) is 11.2. The third-order valence-electron chi connectivity index (χ3n) is 2.98. The van der Waals surface area contributed by atoms with Crippen molar-refractivity contribution < 1.29 is 4.79 Å². The first-order chi connectivity index (χ1) is 8.68. The average Bonchev–Trinajstić information content (AvgIpc) is 2.90. The highest BCUT2D eigenvalue weighted by molar-refractivity contribution is 8.00. The molecule has 0 atom stereocenters. The number of anilines is 1. The quantitative estimate of drug-likeness (QED) is 0.847. The molecule has 0 saturated heterocycles. The maximum Gasteiger partial charge on any atom is 0.236 e. The van der Waals surface area contributed by atoms with Crippen LogP contribution in [0.3, 0.4) is 0 Å². The van der Waals surface area contributed by atoms with Gasteiger partial charge in [-0.15, -0.1) is 11.8 Å². The van der Waals surface area contributed by atoms with Gasteiger partial charge in [0.1, 0.15) is 0 Å². The Labute approximate surface area is 111 Å². The van der Waals surface area contributed by atoms with E-state index >= 15 is 0 Å². The smallest absolute Gasteiger partial charge is 0.236 e. The summed E-state index contributed by atoms with van der Waals surface area (Å²) in [6.07, 6.45) is 8.67. The minimum absolute atomic E-state index is 0.115. The predicted molar refractivity (Wildman–Crippen MR) is 74.1 cm³/mol. The molecule has 1 aliphatic carbocycles. The van der Waals surface area contributed by atoms with Crippen molar-refractivity contribution in [2.24, 2.45) is 0 Å². The molecular weight excluding hydrogens is 246 g/mol. The lowest BCUT2D eigenvalue weighted by atomic mass is 10.3. The van der Waals surface area contributed by atoms with Crippen molar-refractivity contribution in [1.82, 2.24) is 9.88 Å². The van der Waals surface area contributed by atoms with Gasteiger partial charge in [-0.05, 0) is 25.3 Å². The zero-order chi connectivity index (χ0) is 13.0. The van der Waals surface area contributed by atoms with Gasteiger partial charge in [0.25, 0.3) is 0 Å². The molecule has 1 aromatic rings. The minimum atomic E-state index is 0.115. The van der Waals surface area contributed by atoms with Crippen molar-refractivity contribution in [2.75, 3.05) is 18.5 Å². The van der Waals surface area contributed by atoms with Gasteiger partial charge in [-0.1, -0.05) is 6.08 Å². The lowest BCUT2D eigenvalue weighted by Crippen LogP contribution is -2.27. The predicted octanol–water partition coefficient (Wildman–Crippen LogP) is 2.28. The van der Waals surface area contributed by atoms with Crippen LogP contribution in [0.25, 0.3) is 0 Å². The SMILES string of the molecule is CN(C(=O)CSc1ccncc1N)C1=CCCC1. The van der Waals surface area contributed by atoms with Gasteiger partial charge in [-0.3, -0.25) is 9.78 Å². The second kappa shape index (κ2) is 5.91. The third-order valence-corrected chi connectivity index (χ3v) is 4.06. The molecule has 0 fully saturated rings. The Bertz CT molecular complexity index is 473. The molecule has 2 rings (SSSR count). The summed E-state index contributed by atoms with van der Waals surface area (Å²) >= 11 is 1.46. The van der Waals surface area contributed by atoms with E-state index in [2.05, 4.69) is 11.1 Å². The molecule has 0 unspecified atom stereocenters. The lowest BCUT2D eigenvalue weighted by molar-refractivity contribution is -0.125. The Balaban J connectivity index is 1.90. The van der Waals surface area contributed by atoms with Crippen LogP contribution in [-0.4, -0.2) is 28.6 Å². The van der Waals surface area contributed by atoms with Crippen molar-refractivity contribution in [1.29, 1.82) is 0 Å². The molecule has 1 aromatic heterocycles. The van der Waals surface area contributed by atoms with Crippen LogP contribution >= 0.6 is 11.8 Å². The number of carbonyl (C=O) groups excluding carboxylic acids is 1. The Hall–Kier alpha value is -1.49. The van der Waals surface area contributed by atoms with E-state index < -0.39 is 0 Å². The van der Waals surface area contributed by atoms with E-state index in [0.717, 1.165) is 29.9 Å². The highest BCUT2D eigenvalue weighted by Gasteiger charge is 2.16. The van der Waals surface area contributed by atoms with Gasteiger partial charge in [0, 0.05) is 23.8 Å². The van der Waals surface area contributed by atoms with Crippen molar-refractivity contribution >= 4 is 23.4 Å². The van der Waals surface area contributed by atoms with Crippen LogP contribution in [0.1, 0.15) is 19.3 Å². The maximum absolute atomic E-state index is 12.0. The van der Waals surface area contributed by atoms with Gasteiger partial charge in [0.2, 0.25) is 5.91 Å². The van der Waals surface area contributed by atoms with Crippen LogP contribution in [0.15, 0.2) is 35.1 Å². The Morgan fingerprint density at radius 3 is 3.11 bits per heavy atom. The summed E-state index contributed by atoms with van der Waals surface area (Å²) in [5, 5.41) is 0. The summed E-state index contributed by atoms with van der Waals surface area (Å²) in [5.74, 6) is 0.520. The van der Waals surface area contributed by atoms with Gasteiger partial charge >= 0.3 is 0 Å². The number of nitrogens with two attached hydrogens (primary N) is 1. The van der Waals surface area contributed by atoms with Crippen molar-refractivity contribution in [3.63, 3.8) is 0 Å². The number of pyridine rings is 1. The molecule has 5 heteroatoms. The van der Waals surface area contributed by atoms with Gasteiger partial charge in [0.05, 0.1) is 17.6 Å². The highest BCUT2D eigenvalue weighted by atomic mass is 32.2. The van der Waals surface area contributed by atoms with E-state index in [1.165, 1.54) is 11.8 Å². The van der Waals surface area contributed by atoms with Crippen LogP contribution in [0.2, 0.25) is 0 Å². The Morgan fingerprint density at radius 1 is 1.61 bits per heavy atom. The molecule has 1 aliphatic rings. The van der Waals surface area contributed by atoms with Crippen LogP contribution in [-0.2, 0) is 4.79 Å². The monoisotopic (exact) mass is 263 g/mol. The number of carbonyl (C=O) groups is 1. The van der Waals surface area contributed by atoms with E-state index in [-0.39, 0.29) is 5.91 Å². The van der Waals surface area contributed by atoms with Crippen molar-refractivity contribution in [3.8, 4) is 0 Å². The summed E-state index contributed by atoms with van der Waals surface area (Å²) < 4.78 is 0. The summed E-state index contributed by atoms with van der Waals surface area (Å²) in [5.41, 5.74) is 7.55. The van der Waals surface area contributed by atoms with Gasteiger partial charge < -0.3 is 10.6 Å². The average molecular weight is 263 g/mol. The number of aromatic nitrogens is 1. The van der Waals surface area contributed by atoms with E-state index in [0.29, 0.717) is 11.4 Å². The molecule has 0 aromatic carbocycles. The van der Waals surface area contributed by atoms with Crippen molar-refractivity contribution in [2.45, 2.75) is 24.2 Å². The van der Waals surface area contributed by atoms with Crippen LogP contribution < -0.4 is 5.73 Å². The molecule has 0 radical (unpaired) electrons. The van der Waals surface area contributed by atoms with Gasteiger partial charge in [-0.2, -0.15) is 0 Å². The number of hydrogen-bond donors (Lipinski definition) is 1. The first-order valence-corrected chi connectivity index (χ1v) is 6.95. The fraction of sp³-hybridized carbons (Fsp3) is 0.385. The first kappa shape index (κ1) is 13.0. The standard InChI is InChI=1S/C13H17N3OS/c1-16(10-4-2-3-5-10)13(17)9-18-12-6-7-15-8-11(12)14/h4,6-8H,2-3,5,9,14H2,1H3. The number of rotatable bonds is 4. The number of amides is 1. The Kier molecular flexibility index (Phi) is 4.25. The fourth-order valence-corrected chi connectivity index (χ4v) is 2.73. The van der Waals surface area contributed by atoms with Gasteiger partial charge in [-0.25, -0.2) is 0 Å². The second-order valence-corrected chi connectivity index (χ2v) is 5.26. The molecule has 0 aliphatic heterocycles. The van der Waals surface area contributed by atoms with Crippen LogP contribution in [0, 0.1) is 0 Å². The van der Waals surface area contributed by atoms with Crippen LogP contribution in [0.4, 0.5) is 5.69 Å². The molecule has 1 amide bonds. The van der Waals surface area contributed by atoms with Crippen LogP contribution in [0.5, 0.6) is 0 Å². The number of hydrogen-bond acceptors (Lipinski definition) is 4. The molecule has 1 heterocycles. The lowest BCUT2D eigenvalue weighted by Gasteiger charge is -2.18. The second-order valence-electron chi connectivity index (χ2n) is 4.24. The van der Waals surface area contributed by atoms with Crippen molar-refractivity contribution in [3.05, 3.63) is 30.2 Å². The summed E-state index contributed by atoms with van der Waals surface area (Å²) in [7, 11) is 1.84. The molecule has 0 spiro atoms. The topological polar surface area (TPSA) is 59.2 Å². The molecular formula is C13H17N3OS. The number of allylic oxidation sites excluding steroid dienone is 2. The molecule has 0 saturated carbocycles. The molecule has 4 nitrogen and oxygen atoms in total. The third kappa shape index (κ3) is 3.04. The maximum atomic E-state index is 12.0. The summed E-state index contributed by atoms with van der Waals surface area (Å²) in [6.45, 7) is 0. The number of nitrogens with zero attached hydrogens (tertiary/aromatic N) is 2. The zero-order valence-electron chi connectivity index (χ0n) is 10.4. The van der Waals surface area contributed by atoms with E-state index in [9.17, 15) is 4.79 Å². The number of nitrogen functional groups attached to an aromatic ring is 1. The Morgan fingerprint density at radius 2 is 2.44 bits per heavy atom. The summed E-state index contributed by atoms with van der Waals surface area (Å²) in [4.78, 5) is 18.6.